The van der Waals surface area contributed by atoms with Crippen LogP contribution in [0.3, 0.4) is 0 Å². The van der Waals surface area contributed by atoms with E-state index >= 15 is 0 Å². The third-order valence-electron chi connectivity index (χ3n) is 3.64. The van der Waals surface area contributed by atoms with E-state index in [-0.39, 0.29) is 11.7 Å². The summed E-state index contributed by atoms with van der Waals surface area (Å²) in [4.78, 5) is 16.0. The van der Waals surface area contributed by atoms with E-state index in [0.29, 0.717) is 12.5 Å². The van der Waals surface area contributed by atoms with Gasteiger partial charge in [0.1, 0.15) is 5.75 Å². The van der Waals surface area contributed by atoms with Gasteiger partial charge in [-0.2, -0.15) is 0 Å². The molecule has 3 rings (SSSR count). The fourth-order valence-corrected chi connectivity index (χ4v) is 2.61. The third kappa shape index (κ3) is 3.62. The van der Waals surface area contributed by atoms with Crippen LogP contribution in [0.15, 0.2) is 35.5 Å². The summed E-state index contributed by atoms with van der Waals surface area (Å²) in [6.45, 7) is 4.35. The monoisotopic (exact) mass is 324 g/mol. The van der Waals surface area contributed by atoms with E-state index in [2.05, 4.69) is 25.3 Å². The number of aromatic amines is 1. The first kappa shape index (κ1) is 15.8. The van der Waals surface area contributed by atoms with Crippen LogP contribution in [0.5, 0.6) is 5.75 Å². The molecule has 24 heavy (non-hydrogen) atoms. The Bertz CT molecular complexity index is 879. The second-order valence-electron chi connectivity index (χ2n) is 5.66. The number of nitrogens with zero attached hydrogens (tertiary/aromatic N) is 3. The molecular formula is C17H20N6O. The van der Waals surface area contributed by atoms with Crippen molar-refractivity contribution in [2.75, 3.05) is 11.9 Å². The largest absolute Gasteiger partial charge is 0.508 e. The molecule has 0 unspecified atom stereocenters. The van der Waals surface area contributed by atoms with Crippen molar-refractivity contribution in [3.63, 3.8) is 0 Å². The Labute approximate surface area is 139 Å². The topological polar surface area (TPSA) is 112 Å². The maximum Gasteiger partial charge on any atom is 0.229 e. The highest BCUT2D eigenvalue weighted by Gasteiger charge is 2.05. The van der Waals surface area contributed by atoms with Gasteiger partial charge in [0.25, 0.3) is 0 Å². The van der Waals surface area contributed by atoms with Crippen LogP contribution >= 0.6 is 0 Å². The van der Waals surface area contributed by atoms with Gasteiger partial charge in [0, 0.05) is 41.1 Å². The molecule has 0 fully saturated rings. The summed E-state index contributed by atoms with van der Waals surface area (Å²) in [7, 11) is 0. The average molecular weight is 324 g/mol. The summed E-state index contributed by atoms with van der Waals surface area (Å²) in [5, 5.41) is 13.5. The summed E-state index contributed by atoms with van der Waals surface area (Å²) < 4.78 is 0. The van der Waals surface area contributed by atoms with Crippen LogP contribution in [-0.4, -0.2) is 32.6 Å². The first-order chi connectivity index (χ1) is 11.5. The molecule has 2 aromatic heterocycles. The number of nitrogens with one attached hydrogen (secondary N) is 2. The summed E-state index contributed by atoms with van der Waals surface area (Å²) in [6.07, 6.45) is 2.66. The van der Waals surface area contributed by atoms with Crippen molar-refractivity contribution in [3.05, 3.63) is 47.4 Å². The van der Waals surface area contributed by atoms with Crippen molar-refractivity contribution < 1.29 is 5.11 Å². The molecule has 124 valence electrons. The first-order valence-electron chi connectivity index (χ1n) is 7.69. The van der Waals surface area contributed by atoms with E-state index < -0.39 is 0 Å². The zero-order valence-electron chi connectivity index (χ0n) is 13.7. The lowest BCUT2D eigenvalue weighted by atomic mass is 10.1. The number of anilines is 1. The molecular weight excluding hydrogens is 304 g/mol. The van der Waals surface area contributed by atoms with Gasteiger partial charge in [-0.25, -0.2) is 9.97 Å². The number of hydrogen-bond acceptors (Lipinski definition) is 4. The highest BCUT2D eigenvalue weighted by molar-refractivity contribution is 5.90. The van der Waals surface area contributed by atoms with E-state index in [1.54, 1.807) is 12.1 Å². The minimum absolute atomic E-state index is 0.246. The number of guanidine groups is 1. The molecule has 0 saturated heterocycles. The Balaban J connectivity index is 1.64. The van der Waals surface area contributed by atoms with Crippen LogP contribution < -0.4 is 11.1 Å². The number of aryl methyl sites for hydroxylation is 2. The molecule has 0 amide bonds. The average Bonchev–Trinajstić information content (AvgIpc) is 2.88. The molecule has 2 heterocycles. The SMILES string of the molecule is Cc1cc(C)nc(NC(N)=NCCc2c[nH]c3cc(O)ccc23)n1. The van der Waals surface area contributed by atoms with Gasteiger partial charge in [-0.3, -0.25) is 10.3 Å². The van der Waals surface area contributed by atoms with Crippen molar-refractivity contribution >= 4 is 22.8 Å². The third-order valence-corrected chi connectivity index (χ3v) is 3.64. The predicted molar refractivity (Wildman–Crippen MR) is 95.3 cm³/mol. The molecule has 7 heteroatoms. The van der Waals surface area contributed by atoms with Crippen LogP contribution in [-0.2, 0) is 6.42 Å². The molecule has 0 aliphatic rings. The van der Waals surface area contributed by atoms with Crippen molar-refractivity contribution in [2.24, 2.45) is 10.7 Å². The number of aromatic hydroxyl groups is 1. The van der Waals surface area contributed by atoms with Gasteiger partial charge in [-0.05, 0) is 44.0 Å². The lowest BCUT2D eigenvalue weighted by molar-refractivity contribution is 0.476. The molecule has 3 aromatic rings. The quantitative estimate of drug-likeness (QED) is 0.434. The number of hydrogen-bond donors (Lipinski definition) is 4. The van der Waals surface area contributed by atoms with Crippen LogP contribution in [0.2, 0.25) is 0 Å². The number of phenolic OH excluding ortho intramolecular Hbond substituents is 1. The highest BCUT2D eigenvalue weighted by atomic mass is 16.3. The van der Waals surface area contributed by atoms with Gasteiger partial charge >= 0.3 is 0 Å². The normalized spacial score (nSPS) is 11.8. The highest BCUT2D eigenvalue weighted by Crippen LogP contribution is 2.22. The molecule has 0 aliphatic heterocycles. The van der Waals surface area contributed by atoms with Crippen LogP contribution in [0.4, 0.5) is 5.95 Å². The van der Waals surface area contributed by atoms with E-state index in [0.717, 1.165) is 34.3 Å². The van der Waals surface area contributed by atoms with E-state index in [1.165, 1.54) is 0 Å². The first-order valence-corrected chi connectivity index (χ1v) is 7.69. The molecule has 0 saturated carbocycles. The van der Waals surface area contributed by atoms with Crippen molar-refractivity contribution in [2.45, 2.75) is 20.3 Å². The van der Waals surface area contributed by atoms with Crippen LogP contribution in [0.25, 0.3) is 10.9 Å². The zero-order chi connectivity index (χ0) is 17.1. The summed E-state index contributed by atoms with van der Waals surface area (Å²) in [5.41, 5.74) is 9.68. The summed E-state index contributed by atoms with van der Waals surface area (Å²) in [5.74, 6) is 0.990. The maximum absolute atomic E-state index is 9.49. The van der Waals surface area contributed by atoms with Gasteiger partial charge in [0.05, 0.1) is 0 Å². The molecule has 7 nitrogen and oxygen atoms in total. The van der Waals surface area contributed by atoms with Gasteiger partial charge in [-0.1, -0.05) is 0 Å². The van der Waals surface area contributed by atoms with E-state index in [9.17, 15) is 5.11 Å². The van der Waals surface area contributed by atoms with Gasteiger partial charge in [-0.15, -0.1) is 0 Å². The number of nitrogens with two attached hydrogens (primary N) is 1. The van der Waals surface area contributed by atoms with Gasteiger partial charge < -0.3 is 15.8 Å². The van der Waals surface area contributed by atoms with Crippen molar-refractivity contribution in [1.29, 1.82) is 0 Å². The minimum atomic E-state index is 0.246. The number of aliphatic imine (C=N–C) groups is 1. The Kier molecular flexibility index (Phi) is 4.33. The summed E-state index contributed by atoms with van der Waals surface area (Å²) >= 11 is 0. The standard InChI is InChI=1S/C17H20N6O/c1-10-7-11(2)22-17(21-10)23-16(18)19-6-5-12-9-20-15-8-13(24)3-4-14(12)15/h3-4,7-9,20,24H,5-6H2,1-2H3,(H3,18,19,21,22,23). The molecule has 0 aliphatic carbocycles. The van der Waals surface area contributed by atoms with Crippen molar-refractivity contribution in [1.82, 2.24) is 15.0 Å². The fraction of sp³-hybridized carbons (Fsp3) is 0.235. The van der Waals surface area contributed by atoms with E-state index in [1.807, 2.05) is 32.2 Å². The Hall–Kier alpha value is -3.09. The lowest BCUT2D eigenvalue weighted by Crippen LogP contribution is -2.24. The molecule has 5 N–H and O–H groups in total. The number of H-pyrrole nitrogens is 1. The second kappa shape index (κ2) is 6.57. The Morgan fingerprint density at radius 3 is 2.75 bits per heavy atom. The second-order valence-corrected chi connectivity index (χ2v) is 5.66. The number of benzene rings is 1. The zero-order valence-corrected chi connectivity index (χ0v) is 13.7. The molecule has 0 radical (unpaired) electrons. The minimum Gasteiger partial charge on any atom is -0.508 e. The number of phenols is 1. The molecule has 0 atom stereocenters. The molecule has 0 spiro atoms. The Morgan fingerprint density at radius 2 is 2.00 bits per heavy atom. The predicted octanol–water partition coefficient (Wildman–Crippen LogP) is 2.25. The number of fused-ring (bicyclic) bond motifs is 1. The van der Waals surface area contributed by atoms with Crippen molar-refractivity contribution in [3.8, 4) is 5.75 Å². The maximum atomic E-state index is 9.49. The molecule has 0 bridgehead atoms. The van der Waals surface area contributed by atoms with Crippen LogP contribution in [0.1, 0.15) is 17.0 Å². The number of rotatable bonds is 4. The number of aromatic nitrogens is 3. The summed E-state index contributed by atoms with van der Waals surface area (Å²) in [6, 6.07) is 7.17. The fourth-order valence-electron chi connectivity index (χ4n) is 2.61. The molecule has 1 aromatic carbocycles. The van der Waals surface area contributed by atoms with E-state index in [4.69, 9.17) is 5.73 Å². The lowest BCUT2D eigenvalue weighted by Gasteiger charge is -2.05. The Morgan fingerprint density at radius 1 is 1.25 bits per heavy atom. The van der Waals surface area contributed by atoms with Gasteiger partial charge in [0.2, 0.25) is 5.95 Å². The van der Waals surface area contributed by atoms with Gasteiger partial charge in [0.15, 0.2) is 5.96 Å². The van der Waals surface area contributed by atoms with Crippen LogP contribution in [0, 0.1) is 13.8 Å². The smallest absolute Gasteiger partial charge is 0.229 e.